The summed E-state index contributed by atoms with van der Waals surface area (Å²) < 4.78 is 28.4. The van der Waals surface area contributed by atoms with Gasteiger partial charge in [-0.15, -0.1) is 11.3 Å². The van der Waals surface area contributed by atoms with Gasteiger partial charge in [0.2, 0.25) is 10.0 Å². The number of hydrogen-bond acceptors (Lipinski definition) is 6. The highest BCUT2D eigenvalue weighted by Gasteiger charge is 2.28. The Morgan fingerprint density at radius 1 is 1.37 bits per heavy atom. The number of aliphatic hydroxyl groups excluding tert-OH is 1. The summed E-state index contributed by atoms with van der Waals surface area (Å²) in [5.41, 5.74) is 3.02. The fraction of sp³-hybridized carbons (Fsp3) is 0.412. The normalized spacial score (nSPS) is 15.4. The summed E-state index contributed by atoms with van der Waals surface area (Å²) in [5.74, 6) is 0. The van der Waals surface area contributed by atoms with Crippen LogP contribution in [0.1, 0.15) is 21.7 Å². The number of sulfonamides is 1. The number of nitrogens with zero attached hydrogens (tertiary/aromatic N) is 4. The molecule has 0 unspecified atom stereocenters. The van der Waals surface area contributed by atoms with Crippen LogP contribution in [0.15, 0.2) is 22.4 Å². The van der Waals surface area contributed by atoms with Crippen molar-refractivity contribution in [1.82, 2.24) is 18.7 Å². The molecule has 0 radical (unpaired) electrons. The van der Waals surface area contributed by atoms with Crippen LogP contribution >= 0.6 is 11.3 Å². The first kappa shape index (κ1) is 18.4. The van der Waals surface area contributed by atoms with Crippen LogP contribution in [0.5, 0.6) is 0 Å². The van der Waals surface area contributed by atoms with E-state index in [0.29, 0.717) is 25.0 Å². The zero-order valence-corrected chi connectivity index (χ0v) is 16.7. The molecule has 4 rings (SSSR count). The molecule has 3 aromatic heterocycles. The Bertz CT molecular complexity index is 1190. The molecular weight excluding hydrogens is 388 g/mol. The predicted octanol–water partition coefficient (Wildman–Crippen LogP) is 0.655. The molecule has 4 heterocycles. The van der Waals surface area contributed by atoms with Crippen LogP contribution in [0.3, 0.4) is 0 Å². The second-order valence-electron chi connectivity index (χ2n) is 6.73. The summed E-state index contributed by atoms with van der Waals surface area (Å²) in [4.78, 5) is 13.9. The maximum atomic E-state index is 13.1. The lowest BCUT2D eigenvalue weighted by molar-refractivity contribution is 0.284. The first-order chi connectivity index (χ1) is 12.8. The van der Waals surface area contributed by atoms with E-state index in [2.05, 4.69) is 5.10 Å². The number of aliphatic hydroxyl groups is 1. The molecule has 0 saturated heterocycles. The largest absolute Gasteiger partial charge is 0.391 e. The zero-order valence-electron chi connectivity index (χ0n) is 15.0. The van der Waals surface area contributed by atoms with Crippen molar-refractivity contribution >= 4 is 32.3 Å². The third kappa shape index (κ3) is 3.02. The molecule has 10 heteroatoms. The van der Waals surface area contributed by atoms with E-state index in [4.69, 9.17) is 0 Å². The molecule has 0 atom stereocenters. The lowest BCUT2D eigenvalue weighted by Gasteiger charge is -2.25. The summed E-state index contributed by atoms with van der Waals surface area (Å²) >= 11 is 1.45. The third-order valence-corrected chi connectivity index (χ3v) is 7.34. The minimum absolute atomic E-state index is 0.0657. The smallest absolute Gasteiger partial charge is 0.291 e. The summed E-state index contributed by atoms with van der Waals surface area (Å²) in [6, 6.07) is 1.88. The lowest BCUT2D eigenvalue weighted by atomic mass is 10.1. The second-order valence-corrected chi connectivity index (χ2v) is 9.71. The van der Waals surface area contributed by atoms with Gasteiger partial charge in [-0.1, -0.05) is 0 Å². The molecule has 27 heavy (non-hydrogen) atoms. The Morgan fingerprint density at radius 2 is 2.15 bits per heavy atom. The molecule has 0 saturated carbocycles. The molecule has 1 N–H and O–H groups in total. The maximum Gasteiger partial charge on any atom is 0.291 e. The molecule has 1 aliphatic rings. The quantitative estimate of drug-likeness (QED) is 0.684. The highest BCUT2D eigenvalue weighted by Crippen LogP contribution is 2.29. The maximum absolute atomic E-state index is 13.1. The van der Waals surface area contributed by atoms with Crippen LogP contribution < -0.4 is 5.56 Å². The van der Waals surface area contributed by atoms with Crippen molar-refractivity contribution in [1.29, 1.82) is 0 Å². The number of aromatic nitrogens is 3. The summed E-state index contributed by atoms with van der Waals surface area (Å²) in [6.07, 6.45) is 3.45. The van der Waals surface area contributed by atoms with Crippen molar-refractivity contribution in [2.24, 2.45) is 7.05 Å². The highest BCUT2D eigenvalue weighted by molar-refractivity contribution is 7.88. The molecule has 0 fully saturated rings. The molecule has 1 aliphatic heterocycles. The van der Waals surface area contributed by atoms with Gasteiger partial charge in [-0.2, -0.15) is 9.40 Å². The van der Waals surface area contributed by atoms with E-state index in [-0.39, 0.29) is 18.7 Å². The van der Waals surface area contributed by atoms with Crippen molar-refractivity contribution in [2.45, 2.75) is 26.1 Å². The topological polar surface area (TPSA) is 97.4 Å². The van der Waals surface area contributed by atoms with Crippen LogP contribution in [0, 0.1) is 0 Å². The summed E-state index contributed by atoms with van der Waals surface area (Å²) in [6.45, 7) is 0.893. The first-order valence-electron chi connectivity index (χ1n) is 8.48. The third-order valence-electron chi connectivity index (χ3n) is 5.14. The van der Waals surface area contributed by atoms with Gasteiger partial charge in [-0.25, -0.2) is 13.1 Å². The molecular formula is C17H20N4O4S2. The molecule has 0 amide bonds. The van der Waals surface area contributed by atoms with Gasteiger partial charge in [-0.3, -0.25) is 4.79 Å². The zero-order chi connectivity index (χ0) is 19.3. The van der Waals surface area contributed by atoms with Gasteiger partial charge in [0.15, 0.2) is 0 Å². The van der Waals surface area contributed by atoms with Crippen LogP contribution in [-0.4, -0.2) is 45.0 Å². The predicted molar refractivity (Wildman–Crippen MR) is 103 cm³/mol. The van der Waals surface area contributed by atoms with Crippen LogP contribution in [0.2, 0.25) is 0 Å². The summed E-state index contributed by atoms with van der Waals surface area (Å²) in [5, 5.41) is 16.4. The molecule has 0 bridgehead atoms. The van der Waals surface area contributed by atoms with Gasteiger partial charge >= 0.3 is 0 Å². The summed E-state index contributed by atoms with van der Waals surface area (Å²) in [7, 11) is -1.49. The average molecular weight is 409 g/mol. The SMILES string of the molecule is Cn1c2c(c3cnn(Cc4ccsc4CO)c(=O)c31)CCN(S(C)(=O)=O)C2. The van der Waals surface area contributed by atoms with Crippen LogP contribution in [0.4, 0.5) is 0 Å². The van der Waals surface area contributed by atoms with Crippen molar-refractivity contribution < 1.29 is 13.5 Å². The Labute approximate surface area is 160 Å². The number of thiophene rings is 1. The van der Waals surface area contributed by atoms with Crippen molar-refractivity contribution in [3.8, 4) is 0 Å². The van der Waals surface area contributed by atoms with Crippen LogP contribution in [-0.2, 0) is 43.2 Å². The van der Waals surface area contributed by atoms with Gasteiger partial charge in [0, 0.05) is 29.5 Å². The molecule has 8 nitrogen and oxygen atoms in total. The van der Waals surface area contributed by atoms with E-state index in [9.17, 15) is 18.3 Å². The molecule has 0 aromatic carbocycles. The number of fused-ring (bicyclic) bond motifs is 3. The van der Waals surface area contributed by atoms with Gasteiger partial charge < -0.3 is 9.67 Å². The monoisotopic (exact) mass is 408 g/mol. The fourth-order valence-corrected chi connectivity index (χ4v) is 5.22. The Kier molecular flexibility index (Phi) is 4.46. The standard InChI is InChI=1S/C17H20N4O4S2/c1-19-14-9-20(27(2,24)25)5-3-12(14)13-7-18-21(17(23)16(13)19)8-11-4-6-26-15(11)10-22/h4,6-7,22H,3,5,8-10H2,1-2H3. The Morgan fingerprint density at radius 3 is 2.85 bits per heavy atom. The Hall–Kier alpha value is -2.01. The number of hydrogen-bond donors (Lipinski definition) is 1. The minimum Gasteiger partial charge on any atom is -0.391 e. The van der Waals surface area contributed by atoms with Crippen molar-refractivity contribution in [3.05, 3.63) is 49.7 Å². The fourth-order valence-electron chi connectivity index (χ4n) is 3.68. The van der Waals surface area contributed by atoms with E-state index in [1.54, 1.807) is 17.8 Å². The van der Waals surface area contributed by atoms with E-state index in [1.807, 2.05) is 11.4 Å². The second kappa shape index (κ2) is 6.55. The molecule has 0 spiro atoms. The lowest BCUT2D eigenvalue weighted by Crippen LogP contribution is -2.35. The van der Waals surface area contributed by atoms with Gasteiger partial charge in [0.1, 0.15) is 5.52 Å². The highest BCUT2D eigenvalue weighted by atomic mass is 32.2. The Balaban J connectivity index is 1.81. The average Bonchev–Trinajstić information content (AvgIpc) is 3.19. The molecule has 3 aromatic rings. The van der Waals surface area contributed by atoms with Crippen molar-refractivity contribution in [2.75, 3.05) is 12.8 Å². The molecule has 0 aliphatic carbocycles. The number of rotatable bonds is 4. The van der Waals surface area contributed by atoms with Gasteiger partial charge in [0.25, 0.3) is 5.56 Å². The van der Waals surface area contributed by atoms with E-state index in [0.717, 1.165) is 27.1 Å². The van der Waals surface area contributed by atoms with Crippen molar-refractivity contribution in [3.63, 3.8) is 0 Å². The first-order valence-corrected chi connectivity index (χ1v) is 11.2. The number of aryl methyl sites for hydroxylation is 1. The van der Waals surface area contributed by atoms with Gasteiger partial charge in [0.05, 0.1) is 32.1 Å². The molecule has 144 valence electrons. The van der Waals surface area contributed by atoms with E-state index >= 15 is 0 Å². The van der Waals surface area contributed by atoms with E-state index < -0.39 is 10.0 Å². The van der Waals surface area contributed by atoms with Crippen LogP contribution in [0.25, 0.3) is 10.9 Å². The van der Waals surface area contributed by atoms with E-state index in [1.165, 1.54) is 26.6 Å². The minimum atomic E-state index is -3.28. The van der Waals surface area contributed by atoms with Gasteiger partial charge in [-0.05, 0) is 29.0 Å².